The van der Waals surface area contributed by atoms with Gasteiger partial charge >= 0.3 is 5.97 Å². The Balaban J connectivity index is 2.96. The molecule has 0 amide bonds. The van der Waals surface area contributed by atoms with Crippen LogP contribution in [0.5, 0.6) is 0 Å². The molecule has 1 aromatic heterocycles. The highest BCUT2D eigenvalue weighted by Crippen LogP contribution is 2.15. The number of aryl methyl sites for hydroxylation is 2. The fourth-order valence-electron chi connectivity index (χ4n) is 1.61. The Morgan fingerprint density at radius 3 is 2.41 bits per heavy atom. The van der Waals surface area contributed by atoms with Crippen LogP contribution < -0.4 is 0 Å². The van der Waals surface area contributed by atoms with Gasteiger partial charge in [-0.15, -0.1) is 0 Å². The fraction of sp³-hybridized carbons (Fsp3) is 0.571. The van der Waals surface area contributed by atoms with Gasteiger partial charge in [-0.25, -0.2) is 4.79 Å². The number of nitrogens with zero attached hydrogens (tertiary/aromatic N) is 1. The number of esters is 1. The lowest BCUT2D eigenvalue weighted by molar-refractivity contribution is 0.00689. The first-order chi connectivity index (χ1) is 7.87. The first-order valence-corrected chi connectivity index (χ1v) is 6.08. The number of hydrogen-bond donors (Lipinski definition) is 0. The topological polar surface area (TPSA) is 39.2 Å². The van der Waals surface area contributed by atoms with Crippen molar-refractivity contribution in [1.29, 1.82) is 0 Å². The molecule has 0 aliphatic heterocycles. The van der Waals surface area contributed by atoms with Crippen LogP contribution in [0.3, 0.4) is 0 Å². The van der Waals surface area contributed by atoms with Crippen molar-refractivity contribution < 1.29 is 9.53 Å². The van der Waals surface area contributed by atoms with E-state index in [-0.39, 0.29) is 5.97 Å². The first-order valence-electron chi connectivity index (χ1n) is 6.08. The summed E-state index contributed by atoms with van der Waals surface area (Å²) in [6, 6.07) is 1.89. The van der Waals surface area contributed by atoms with Crippen molar-refractivity contribution in [2.45, 2.75) is 53.1 Å². The SMILES string of the molecule is CCc1cc(C(=O)OC(C)(C)C)cnc1CC. The molecule has 1 heterocycles. The van der Waals surface area contributed by atoms with Gasteiger partial charge in [0.1, 0.15) is 5.60 Å². The Morgan fingerprint density at radius 2 is 1.94 bits per heavy atom. The van der Waals surface area contributed by atoms with E-state index in [1.807, 2.05) is 26.8 Å². The van der Waals surface area contributed by atoms with Gasteiger partial charge in [0.25, 0.3) is 0 Å². The van der Waals surface area contributed by atoms with E-state index in [1.54, 1.807) is 6.20 Å². The zero-order valence-electron chi connectivity index (χ0n) is 11.3. The van der Waals surface area contributed by atoms with Crippen molar-refractivity contribution in [2.75, 3.05) is 0 Å². The highest BCUT2D eigenvalue weighted by molar-refractivity contribution is 5.89. The highest BCUT2D eigenvalue weighted by Gasteiger charge is 2.18. The molecule has 0 radical (unpaired) electrons. The van der Waals surface area contributed by atoms with Gasteiger partial charge in [0.15, 0.2) is 0 Å². The van der Waals surface area contributed by atoms with Crippen LogP contribution in [0.2, 0.25) is 0 Å². The quantitative estimate of drug-likeness (QED) is 0.755. The monoisotopic (exact) mass is 235 g/mol. The van der Waals surface area contributed by atoms with Gasteiger partial charge in [-0.3, -0.25) is 4.98 Å². The largest absolute Gasteiger partial charge is 0.456 e. The molecule has 0 unspecified atom stereocenters. The van der Waals surface area contributed by atoms with Gasteiger partial charge in [0.05, 0.1) is 5.56 Å². The van der Waals surface area contributed by atoms with E-state index >= 15 is 0 Å². The Hall–Kier alpha value is -1.38. The van der Waals surface area contributed by atoms with E-state index in [0.29, 0.717) is 5.56 Å². The maximum Gasteiger partial charge on any atom is 0.340 e. The smallest absolute Gasteiger partial charge is 0.340 e. The zero-order valence-corrected chi connectivity index (χ0v) is 11.3. The number of aromatic nitrogens is 1. The van der Waals surface area contributed by atoms with Gasteiger partial charge < -0.3 is 4.74 Å². The van der Waals surface area contributed by atoms with Crippen LogP contribution in [0, 0.1) is 0 Å². The molecule has 0 N–H and O–H groups in total. The zero-order chi connectivity index (χ0) is 13.1. The number of ether oxygens (including phenoxy) is 1. The van der Waals surface area contributed by atoms with E-state index in [2.05, 4.69) is 18.8 Å². The van der Waals surface area contributed by atoms with Gasteiger partial charge in [-0.1, -0.05) is 13.8 Å². The van der Waals surface area contributed by atoms with Crippen molar-refractivity contribution in [3.8, 4) is 0 Å². The van der Waals surface area contributed by atoms with Crippen LogP contribution >= 0.6 is 0 Å². The number of carbonyl (C=O) groups is 1. The van der Waals surface area contributed by atoms with Gasteiger partial charge in [0.2, 0.25) is 0 Å². The summed E-state index contributed by atoms with van der Waals surface area (Å²) in [5.41, 5.74) is 2.25. The first kappa shape index (κ1) is 13.7. The minimum Gasteiger partial charge on any atom is -0.456 e. The van der Waals surface area contributed by atoms with Crippen LogP contribution in [0.4, 0.5) is 0 Å². The van der Waals surface area contributed by atoms with Crippen LogP contribution in [0.25, 0.3) is 0 Å². The van der Waals surface area contributed by atoms with Crippen molar-refractivity contribution in [2.24, 2.45) is 0 Å². The molecule has 0 spiro atoms. The summed E-state index contributed by atoms with van der Waals surface area (Å²) in [4.78, 5) is 16.2. The second kappa shape index (κ2) is 5.30. The minimum atomic E-state index is -0.465. The molecule has 0 aliphatic carbocycles. The Bertz CT molecular complexity index is 405. The molecular weight excluding hydrogens is 214 g/mol. The Morgan fingerprint density at radius 1 is 1.29 bits per heavy atom. The number of carbonyl (C=O) groups excluding carboxylic acids is 1. The third kappa shape index (κ3) is 3.84. The summed E-state index contributed by atoms with van der Waals surface area (Å²) < 4.78 is 5.32. The number of hydrogen-bond acceptors (Lipinski definition) is 3. The van der Waals surface area contributed by atoms with E-state index in [1.165, 1.54) is 0 Å². The summed E-state index contributed by atoms with van der Waals surface area (Å²) in [5, 5.41) is 0. The molecule has 0 saturated carbocycles. The predicted octanol–water partition coefficient (Wildman–Crippen LogP) is 3.16. The maximum atomic E-state index is 11.9. The van der Waals surface area contributed by atoms with E-state index < -0.39 is 5.60 Å². The third-order valence-electron chi connectivity index (χ3n) is 2.41. The van der Waals surface area contributed by atoms with Gasteiger partial charge in [-0.05, 0) is 45.2 Å². The van der Waals surface area contributed by atoms with Crippen LogP contribution in [-0.2, 0) is 17.6 Å². The lowest BCUT2D eigenvalue weighted by Crippen LogP contribution is -2.24. The Labute approximate surface area is 103 Å². The molecular formula is C14H21NO2. The Kier molecular flexibility index (Phi) is 4.27. The van der Waals surface area contributed by atoms with Crippen LogP contribution in [0.1, 0.15) is 56.2 Å². The molecule has 0 saturated heterocycles. The minimum absolute atomic E-state index is 0.303. The maximum absolute atomic E-state index is 11.9. The second-order valence-corrected chi connectivity index (χ2v) is 5.04. The lowest BCUT2D eigenvalue weighted by atomic mass is 10.1. The summed E-state index contributed by atoms with van der Waals surface area (Å²) in [7, 11) is 0. The second-order valence-electron chi connectivity index (χ2n) is 5.04. The normalized spacial score (nSPS) is 11.4. The summed E-state index contributed by atoms with van der Waals surface area (Å²) in [5.74, 6) is -0.303. The van der Waals surface area contributed by atoms with Crippen LogP contribution in [-0.4, -0.2) is 16.6 Å². The average molecular weight is 235 g/mol. The summed E-state index contributed by atoms with van der Waals surface area (Å²) >= 11 is 0. The van der Waals surface area contributed by atoms with E-state index in [0.717, 1.165) is 24.1 Å². The average Bonchev–Trinajstić information content (AvgIpc) is 2.25. The third-order valence-corrected chi connectivity index (χ3v) is 2.41. The predicted molar refractivity (Wildman–Crippen MR) is 68.2 cm³/mol. The molecule has 94 valence electrons. The van der Waals surface area contributed by atoms with Crippen molar-refractivity contribution in [3.63, 3.8) is 0 Å². The van der Waals surface area contributed by atoms with Gasteiger partial charge in [-0.2, -0.15) is 0 Å². The molecule has 0 aromatic carbocycles. The lowest BCUT2D eigenvalue weighted by Gasteiger charge is -2.19. The number of rotatable bonds is 3. The van der Waals surface area contributed by atoms with E-state index in [4.69, 9.17) is 4.74 Å². The molecule has 3 heteroatoms. The van der Waals surface area contributed by atoms with E-state index in [9.17, 15) is 4.79 Å². The molecule has 17 heavy (non-hydrogen) atoms. The number of pyridine rings is 1. The van der Waals surface area contributed by atoms with Crippen molar-refractivity contribution in [1.82, 2.24) is 4.98 Å². The molecule has 0 bridgehead atoms. The van der Waals surface area contributed by atoms with Gasteiger partial charge in [0, 0.05) is 11.9 Å². The summed E-state index contributed by atoms with van der Waals surface area (Å²) in [6.07, 6.45) is 3.37. The van der Waals surface area contributed by atoms with Crippen molar-refractivity contribution in [3.05, 3.63) is 29.1 Å². The fourth-order valence-corrected chi connectivity index (χ4v) is 1.61. The molecule has 0 aliphatic rings. The molecule has 1 aromatic rings. The standard InChI is InChI=1S/C14H21NO2/c1-6-10-8-11(9-15-12(10)7-2)13(16)17-14(3,4)5/h8-9H,6-7H2,1-5H3. The summed E-state index contributed by atoms with van der Waals surface area (Å²) in [6.45, 7) is 9.71. The molecule has 0 fully saturated rings. The molecule has 1 rings (SSSR count). The van der Waals surface area contributed by atoms with Crippen molar-refractivity contribution >= 4 is 5.97 Å². The highest BCUT2D eigenvalue weighted by atomic mass is 16.6. The molecule has 0 atom stereocenters. The van der Waals surface area contributed by atoms with Crippen LogP contribution in [0.15, 0.2) is 12.3 Å². The molecule has 3 nitrogen and oxygen atoms in total.